The van der Waals surface area contributed by atoms with E-state index in [-0.39, 0.29) is 11.9 Å². The summed E-state index contributed by atoms with van der Waals surface area (Å²) in [5.41, 5.74) is 6.66. The molecule has 1 nitrogen and oxygen atoms in total. The predicted molar refractivity (Wildman–Crippen MR) is 76.5 cm³/mol. The first-order valence-corrected chi connectivity index (χ1v) is 7.20. The van der Waals surface area contributed by atoms with Crippen molar-refractivity contribution in [2.75, 3.05) is 0 Å². The zero-order chi connectivity index (χ0) is 13.4. The maximum Gasteiger partial charge on any atom is 0.126 e. The van der Waals surface area contributed by atoms with Crippen molar-refractivity contribution >= 4 is 11.6 Å². The maximum atomic E-state index is 13.5. The molecule has 0 saturated heterocycles. The van der Waals surface area contributed by atoms with E-state index in [0.717, 1.165) is 12.8 Å². The molecule has 1 aromatic rings. The van der Waals surface area contributed by atoms with E-state index in [1.165, 1.54) is 31.7 Å². The van der Waals surface area contributed by atoms with Crippen LogP contribution >= 0.6 is 11.6 Å². The second-order valence-corrected chi connectivity index (χ2v) is 5.34. The molecule has 18 heavy (non-hydrogen) atoms. The highest BCUT2D eigenvalue weighted by molar-refractivity contribution is 6.30. The van der Waals surface area contributed by atoms with Gasteiger partial charge in [0.25, 0.3) is 0 Å². The van der Waals surface area contributed by atoms with Gasteiger partial charge in [0, 0.05) is 11.1 Å². The topological polar surface area (TPSA) is 26.0 Å². The van der Waals surface area contributed by atoms with Crippen LogP contribution in [0.25, 0.3) is 0 Å². The van der Waals surface area contributed by atoms with Crippen molar-refractivity contribution in [3.05, 3.63) is 34.6 Å². The molecule has 3 heteroatoms. The molecule has 0 fully saturated rings. The summed E-state index contributed by atoms with van der Waals surface area (Å²) in [6, 6.07) is 4.68. The molecule has 0 amide bonds. The summed E-state index contributed by atoms with van der Waals surface area (Å²) in [6.45, 7) is 2.20. The summed E-state index contributed by atoms with van der Waals surface area (Å²) in [5, 5.41) is 0.571. The molecule has 0 bridgehead atoms. The fraction of sp³-hybridized carbons (Fsp3) is 0.600. The minimum Gasteiger partial charge on any atom is -0.327 e. The predicted octanol–water partition coefficient (Wildman–Crippen LogP) is 4.71. The monoisotopic (exact) mass is 271 g/mol. The third-order valence-electron chi connectivity index (χ3n) is 3.17. The van der Waals surface area contributed by atoms with E-state index in [4.69, 9.17) is 17.3 Å². The average Bonchev–Trinajstić information content (AvgIpc) is 2.33. The third-order valence-corrected chi connectivity index (χ3v) is 3.40. The fourth-order valence-electron chi connectivity index (χ4n) is 2.09. The lowest BCUT2D eigenvalue weighted by atomic mass is 10.0. The van der Waals surface area contributed by atoms with Crippen molar-refractivity contribution in [3.8, 4) is 0 Å². The normalized spacial score (nSPS) is 12.7. The van der Waals surface area contributed by atoms with E-state index in [1.54, 1.807) is 12.1 Å². The van der Waals surface area contributed by atoms with Crippen LogP contribution < -0.4 is 5.73 Å². The maximum absolute atomic E-state index is 13.5. The summed E-state index contributed by atoms with van der Waals surface area (Å²) >= 11 is 5.85. The summed E-state index contributed by atoms with van der Waals surface area (Å²) in [5.74, 6) is -0.208. The van der Waals surface area contributed by atoms with Gasteiger partial charge in [-0.2, -0.15) is 0 Å². The highest BCUT2D eigenvalue weighted by Gasteiger charge is 2.08. The van der Waals surface area contributed by atoms with Gasteiger partial charge in [0.15, 0.2) is 0 Å². The molecule has 1 rings (SSSR count). The van der Waals surface area contributed by atoms with Gasteiger partial charge in [-0.1, -0.05) is 50.6 Å². The van der Waals surface area contributed by atoms with E-state index in [2.05, 4.69) is 6.92 Å². The Morgan fingerprint density at radius 1 is 1.22 bits per heavy atom. The van der Waals surface area contributed by atoms with Crippen LogP contribution in [0.3, 0.4) is 0 Å². The Morgan fingerprint density at radius 3 is 2.67 bits per heavy atom. The smallest absolute Gasteiger partial charge is 0.126 e. The van der Waals surface area contributed by atoms with Gasteiger partial charge in [-0.05, 0) is 36.6 Å². The summed E-state index contributed by atoms with van der Waals surface area (Å²) in [7, 11) is 0. The number of hydrogen-bond acceptors (Lipinski definition) is 1. The van der Waals surface area contributed by atoms with Crippen LogP contribution in [0.1, 0.15) is 51.0 Å². The van der Waals surface area contributed by atoms with Crippen LogP contribution in [0.15, 0.2) is 18.2 Å². The first-order valence-electron chi connectivity index (χ1n) is 6.83. The van der Waals surface area contributed by atoms with Crippen molar-refractivity contribution in [1.29, 1.82) is 0 Å². The zero-order valence-electron chi connectivity index (χ0n) is 11.1. The standard InChI is InChI=1S/C15H23ClFN/c1-2-3-4-5-6-7-14(18)11-12-10-13(16)8-9-15(12)17/h8-10,14H,2-7,11,18H2,1H3. The molecule has 1 atom stereocenters. The third kappa shape index (κ3) is 5.83. The lowest BCUT2D eigenvalue weighted by molar-refractivity contribution is 0.525. The molecular formula is C15H23ClFN. The fourth-order valence-corrected chi connectivity index (χ4v) is 2.29. The summed E-state index contributed by atoms with van der Waals surface area (Å²) < 4.78 is 13.5. The minimum atomic E-state index is -0.208. The molecule has 102 valence electrons. The Bertz CT molecular complexity index is 354. The van der Waals surface area contributed by atoms with Crippen LogP contribution in [-0.2, 0) is 6.42 Å². The van der Waals surface area contributed by atoms with Crippen LogP contribution in [0, 0.1) is 5.82 Å². The first-order chi connectivity index (χ1) is 8.63. The number of rotatable bonds is 8. The second kappa shape index (κ2) is 8.49. The number of nitrogens with two attached hydrogens (primary N) is 1. The Labute approximate surface area is 115 Å². The van der Waals surface area contributed by atoms with E-state index in [9.17, 15) is 4.39 Å². The SMILES string of the molecule is CCCCCCCC(N)Cc1cc(Cl)ccc1F. The number of halogens is 2. The van der Waals surface area contributed by atoms with Gasteiger partial charge in [-0.15, -0.1) is 0 Å². The molecule has 0 aliphatic carbocycles. The van der Waals surface area contributed by atoms with E-state index < -0.39 is 0 Å². The molecule has 0 heterocycles. The second-order valence-electron chi connectivity index (χ2n) is 4.90. The summed E-state index contributed by atoms with van der Waals surface area (Å²) in [4.78, 5) is 0. The van der Waals surface area contributed by atoms with Crippen LogP contribution in [0.2, 0.25) is 5.02 Å². The van der Waals surface area contributed by atoms with Gasteiger partial charge in [0.1, 0.15) is 5.82 Å². The zero-order valence-corrected chi connectivity index (χ0v) is 11.8. The van der Waals surface area contributed by atoms with E-state index >= 15 is 0 Å². The highest BCUT2D eigenvalue weighted by Crippen LogP contribution is 2.17. The van der Waals surface area contributed by atoms with Gasteiger partial charge in [0.05, 0.1) is 0 Å². The lowest BCUT2D eigenvalue weighted by Gasteiger charge is -2.12. The lowest BCUT2D eigenvalue weighted by Crippen LogP contribution is -2.23. The van der Waals surface area contributed by atoms with Gasteiger partial charge in [-0.25, -0.2) is 4.39 Å². The van der Waals surface area contributed by atoms with Gasteiger partial charge in [-0.3, -0.25) is 0 Å². The van der Waals surface area contributed by atoms with Crippen molar-refractivity contribution in [2.45, 2.75) is 57.9 Å². The molecule has 0 saturated carbocycles. The molecule has 1 aromatic carbocycles. The molecule has 0 spiro atoms. The number of benzene rings is 1. The molecule has 0 radical (unpaired) electrons. The van der Waals surface area contributed by atoms with Gasteiger partial charge < -0.3 is 5.73 Å². The Balaban J connectivity index is 2.30. The Kier molecular flexibility index (Phi) is 7.29. The summed E-state index contributed by atoms with van der Waals surface area (Å²) in [6.07, 6.45) is 7.69. The molecule has 0 aliphatic heterocycles. The van der Waals surface area contributed by atoms with Crippen LogP contribution in [0.5, 0.6) is 0 Å². The van der Waals surface area contributed by atoms with E-state index in [0.29, 0.717) is 17.0 Å². The van der Waals surface area contributed by atoms with Crippen LogP contribution in [0.4, 0.5) is 4.39 Å². The number of hydrogen-bond donors (Lipinski definition) is 1. The Hall–Kier alpha value is -0.600. The highest BCUT2D eigenvalue weighted by atomic mass is 35.5. The molecule has 0 aliphatic rings. The van der Waals surface area contributed by atoms with Crippen molar-refractivity contribution in [3.63, 3.8) is 0 Å². The first kappa shape index (κ1) is 15.5. The molecular weight excluding hydrogens is 249 g/mol. The molecule has 0 aromatic heterocycles. The average molecular weight is 272 g/mol. The van der Waals surface area contributed by atoms with E-state index in [1.807, 2.05) is 0 Å². The van der Waals surface area contributed by atoms with Crippen LogP contribution in [-0.4, -0.2) is 6.04 Å². The van der Waals surface area contributed by atoms with Crippen molar-refractivity contribution in [2.24, 2.45) is 5.73 Å². The largest absolute Gasteiger partial charge is 0.327 e. The van der Waals surface area contributed by atoms with Gasteiger partial charge >= 0.3 is 0 Å². The minimum absolute atomic E-state index is 0.0274. The molecule has 1 unspecified atom stereocenters. The number of unbranched alkanes of at least 4 members (excludes halogenated alkanes) is 4. The Morgan fingerprint density at radius 2 is 1.94 bits per heavy atom. The quantitative estimate of drug-likeness (QED) is 0.681. The van der Waals surface area contributed by atoms with Crippen molar-refractivity contribution in [1.82, 2.24) is 0 Å². The molecule has 2 N–H and O–H groups in total. The van der Waals surface area contributed by atoms with Crippen molar-refractivity contribution < 1.29 is 4.39 Å². The van der Waals surface area contributed by atoms with Gasteiger partial charge in [0.2, 0.25) is 0 Å².